The summed E-state index contributed by atoms with van der Waals surface area (Å²) in [6.07, 6.45) is 11.9. The second-order valence-electron chi connectivity index (χ2n) is 9.11. The SMILES string of the molecule is CC(C)[C@H]1CC[C@@H](C)C[C@H]1OC(=O)N/N=C1/CC[C@H]2CCCC[C@@H]2C1. The fraction of sp³-hybridized carbons (Fsp3) is 0.905. The maximum absolute atomic E-state index is 12.3. The Balaban J connectivity index is 1.50. The fourth-order valence-corrected chi connectivity index (χ4v) is 5.33. The molecule has 0 aromatic carbocycles. The van der Waals surface area contributed by atoms with E-state index in [1.165, 1.54) is 38.5 Å². The first kappa shape index (κ1) is 18.7. The molecule has 0 aromatic rings. The molecule has 5 atom stereocenters. The van der Waals surface area contributed by atoms with Crippen LogP contribution in [0.25, 0.3) is 0 Å². The van der Waals surface area contributed by atoms with Crippen LogP contribution in [0.4, 0.5) is 4.79 Å². The van der Waals surface area contributed by atoms with Crippen molar-refractivity contribution in [1.29, 1.82) is 0 Å². The number of ether oxygens (including phenoxy) is 1. The monoisotopic (exact) mass is 348 g/mol. The summed E-state index contributed by atoms with van der Waals surface area (Å²) in [4.78, 5) is 12.3. The van der Waals surface area contributed by atoms with Crippen molar-refractivity contribution in [2.45, 2.75) is 91.1 Å². The first-order chi connectivity index (χ1) is 12.0. The third kappa shape index (κ3) is 4.98. The second-order valence-corrected chi connectivity index (χ2v) is 9.11. The average molecular weight is 349 g/mol. The van der Waals surface area contributed by atoms with Gasteiger partial charge in [0.05, 0.1) is 0 Å². The zero-order chi connectivity index (χ0) is 17.8. The van der Waals surface area contributed by atoms with E-state index in [1.807, 2.05) is 0 Å². The molecule has 1 amide bonds. The van der Waals surface area contributed by atoms with E-state index < -0.39 is 0 Å². The zero-order valence-corrected chi connectivity index (χ0v) is 16.3. The molecule has 0 saturated heterocycles. The Kier molecular flexibility index (Phi) is 6.40. The molecule has 3 fully saturated rings. The quantitative estimate of drug-likeness (QED) is 0.683. The number of hydrogen-bond donors (Lipinski definition) is 1. The van der Waals surface area contributed by atoms with Crippen LogP contribution in [0.3, 0.4) is 0 Å². The number of carbonyl (C=O) groups is 1. The normalized spacial score (nSPS) is 37.6. The Bertz CT molecular complexity index is 488. The van der Waals surface area contributed by atoms with Crippen LogP contribution in [0.1, 0.15) is 85.0 Å². The predicted molar refractivity (Wildman–Crippen MR) is 101 cm³/mol. The van der Waals surface area contributed by atoms with Gasteiger partial charge < -0.3 is 4.74 Å². The molecular formula is C21H36N2O2. The lowest BCUT2D eigenvalue weighted by molar-refractivity contribution is 0.00629. The highest BCUT2D eigenvalue weighted by Crippen LogP contribution is 2.39. The molecule has 3 rings (SSSR count). The van der Waals surface area contributed by atoms with Gasteiger partial charge >= 0.3 is 6.09 Å². The van der Waals surface area contributed by atoms with Gasteiger partial charge in [-0.05, 0) is 68.1 Å². The number of hydrogen-bond acceptors (Lipinski definition) is 3. The van der Waals surface area contributed by atoms with Crippen molar-refractivity contribution in [2.75, 3.05) is 0 Å². The van der Waals surface area contributed by atoms with E-state index in [4.69, 9.17) is 4.74 Å². The Morgan fingerprint density at radius 2 is 1.88 bits per heavy atom. The van der Waals surface area contributed by atoms with Gasteiger partial charge in [0.25, 0.3) is 0 Å². The molecule has 0 heterocycles. The Morgan fingerprint density at radius 3 is 2.64 bits per heavy atom. The van der Waals surface area contributed by atoms with Gasteiger partial charge in [-0.15, -0.1) is 0 Å². The smallest absolute Gasteiger partial charge is 0.428 e. The Labute approximate surface area is 153 Å². The van der Waals surface area contributed by atoms with Gasteiger partial charge in [-0.25, -0.2) is 10.2 Å². The summed E-state index contributed by atoms with van der Waals surface area (Å²) in [7, 11) is 0. The van der Waals surface area contributed by atoms with Crippen molar-refractivity contribution in [3.8, 4) is 0 Å². The molecule has 0 aliphatic heterocycles. The molecule has 3 aliphatic carbocycles. The van der Waals surface area contributed by atoms with Crippen LogP contribution in [-0.2, 0) is 4.74 Å². The van der Waals surface area contributed by atoms with Crippen LogP contribution in [0.2, 0.25) is 0 Å². The van der Waals surface area contributed by atoms with E-state index in [0.29, 0.717) is 17.8 Å². The van der Waals surface area contributed by atoms with Gasteiger partial charge in [0.2, 0.25) is 0 Å². The lowest BCUT2D eigenvalue weighted by atomic mass is 9.70. The number of nitrogens with zero attached hydrogens (tertiary/aromatic N) is 1. The molecule has 3 aliphatic rings. The lowest BCUT2D eigenvalue weighted by Gasteiger charge is -2.36. The van der Waals surface area contributed by atoms with Gasteiger partial charge in [0.15, 0.2) is 0 Å². The highest BCUT2D eigenvalue weighted by Gasteiger charge is 2.34. The van der Waals surface area contributed by atoms with Gasteiger partial charge in [-0.3, -0.25) is 0 Å². The van der Waals surface area contributed by atoms with E-state index in [-0.39, 0.29) is 12.2 Å². The van der Waals surface area contributed by atoms with Crippen molar-refractivity contribution in [3.63, 3.8) is 0 Å². The van der Waals surface area contributed by atoms with Crippen LogP contribution >= 0.6 is 0 Å². The number of rotatable bonds is 3. The molecule has 3 saturated carbocycles. The number of amides is 1. The van der Waals surface area contributed by atoms with Crippen molar-refractivity contribution >= 4 is 11.8 Å². The van der Waals surface area contributed by atoms with E-state index in [2.05, 4.69) is 31.3 Å². The maximum Gasteiger partial charge on any atom is 0.428 e. The first-order valence-electron chi connectivity index (χ1n) is 10.5. The number of hydrazone groups is 1. The summed E-state index contributed by atoms with van der Waals surface area (Å²) in [6.45, 7) is 6.73. The van der Waals surface area contributed by atoms with Gasteiger partial charge in [0.1, 0.15) is 6.10 Å². The molecule has 0 spiro atoms. The summed E-state index contributed by atoms with van der Waals surface area (Å²) in [5.74, 6) is 3.37. The van der Waals surface area contributed by atoms with E-state index in [9.17, 15) is 4.79 Å². The van der Waals surface area contributed by atoms with E-state index >= 15 is 0 Å². The molecule has 1 N–H and O–H groups in total. The van der Waals surface area contributed by atoms with Crippen LogP contribution in [0.5, 0.6) is 0 Å². The molecular weight excluding hydrogens is 312 g/mol. The highest BCUT2D eigenvalue weighted by atomic mass is 16.6. The average Bonchev–Trinajstić information content (AvgIpc) is 2.59. The van der Waals surface area contributed by atoms with Crippen LogP contribution in [-0.4, -0.2) is 17.9 Å². The molecule has 4 heteroatoms. The Hall–Kier alpha value is -1.06. The third-order valence-corrected chi connectivity index (χ3v) is 6.89. The predicted octanol–water partition coefficient (Wildman–Crippen LogP) is 5.52. The molecule has 0 unspecified atom stereocenters. The number of fused-ring (bicyclic) bond motifs is 1. The summed E-state index contributed by atoms with van der Waals surface area (Å²) >= 11 is 0. The summed E-state index contributed by atoms with van der Waals surface area (Å²) < 4.78 is 5.78. The second kappa shape index (κ2) is 8.55. The van der Waals surface area contributed by atoms with Crippen LogP contribution < -0.4 is 5.43 Å². The molecule has 0 radical (unpaired) electrons. The van der Waals surface area contributed by atoms with Crippen molar-refractivity contribution < 1.29 is 9.53 Å². The highest BCUT2D eigenvalue weighted by molar-refractivity contribution is 5.86. The fourth-order valence-electron chi connectivity index (χ4n) is 5.33. The van der Waals surface area contributed by atoms with Crippen molar-refractivity contribution in [1.82, 2.24) is 5.43 Å². The minimum atomic E-state index is -0.358. The Morgan fingerprint density at radius 1 is 1.12 bits per heavy atom. The van der Waals surface area contributed by atoms with Gasteiger partial charge in [-0.2, -0.15) is 5.10 Å². The van der Waals surface area contributed by atoms with Crippen molar-refractivity contribution in [2.24, 2.45) is 34.7 Å². The molecule has 0 bridgehead atoms. The van der Waals surface area contributed by atoms with Crippen LogP contribution in [0.15, 0.2) is 5.10 Å². The third-order valence-electron chi connectivity index (χ3n) is 6.89. The van der Waals surface area contributed by atoms with Crippen LogP contribution in [0, 0.1) is 29.6 Å². The minimum absolute atomic E-state index is 0.0398. The topological polar surface area (TPSA) is 50.7 Å². The first-order valence-corrected chi connectivity index (χ1v) is 10.5. The maximum atomic E-state index is 12.3. The molecule has 142 valence electrons. The molecule has 25 heavy (non-hydrogen) atoms. The summed E-state index contributed by atoms with van der Waals surface area (Å²) in [5.41, 5.74) is 3.86. The summed E-state index contributed by atoms with van der Waals surface area (Å²) in [5, 5.41) is 4.42. The standard InChI is InChI=1S/C21H36N2O2/c1-14(2)19-11-8-15(3)12-20(19)25-21(24)23-22-18-10-9-16-6-4-5-7-17(16)13-18/h14-17,19-20H,4-13H2,1-3H3,(H,23,24)/b22-18-/t15-,16-,17-,19-,20-/m1/s1. The van der Waals surface area contributed by atoms with E-state index in [1.54, 1.807) is 0 Å². The van der Waals surface area contributed by atoms with Crippen molar-refractivity contribution in [3.05, 3.63) is 0 Å². The molecule has 4 nitrogen and oxygen atoms in total. The van der Waals surface area contributed by atoms with Gasteiger partial charge in [-0.1, -0.05) is 46.5 Å². The lowest BCUT2D eigenvalue weighted by Crippen LogP contribution is -2.38. The summed E-state index contributed by atoms with van der Waals surface area (Å²) in [6, 6.07) is 0. The molecule has 0 aromatic heterocycles. The number of carbonyl (C=O) groups excluding carboxylic acids is 1. The zero-order valence-electron chi connectivity index (χ0n) is 16.3. The van der Waals surface area contributed by atoms with E-state index in [0.717, 1.165) is 43.2 Å². The number of nitrogens with one attached hydrogen (secondary N) is 1. The largest absolute Gasteiger partial charge is 0.445 e. The minimum Gasteiger partial charge on any atom is -0.445 e. The van der Waals surface area contributed by atoms with Gasteiger partial charge in [0, 0.05) is 5.71 Å².